The van der Waals surface area contributed by atoms with Crippen LogP contribution in [0.4, 0.5) is 0 Å². The SMILES string of the molecule is CC(=O)C12CCC(CC1=NC1C[C@@H]1N=C1CC3CCC1(C(C)=O)C3(C)C)C2(C)C. The van der Waals surface area contributed by atoms with Gasteiger partial charge >= 0.3 is 0 Å². The van der Waals surface area contributed by atoms with Gasteiger partial charge in [-0.2, -0.15) is 0 Å². The fourth-order valence-electron chi connectivity index (χ4n) is 8.24. The molecule has 158 valence electrons. The Morgan fingerprint density at radius 3 is 1.45 bits per heavy atom. The van der Waals surface area contributed by atoms with Crippen LogP contribution in [0.5, 0.6) is 0 Å². The maximum Gasteiger partial charge on any atom is 0.142 e. The zero-order valence-electron chi connectivity index (χ0n) is 19.0. The Hall–Kier alpha value is -1.32. The van der Waals surface area contributed by atoms with Crippen LogP contribution in [0.2, 0.25) is 0 Å². The molecule has 5 unspecified atom stereocenters. The molecule has 0 saturated heterocycles. The van der Waals surface area contributed by atoms with Gasteiger partial charge in [-0.1, -0.05) is 27.7 Å². The molecular weight excluding hydrogens is 360 g/mol. The Morgan fingerprint density at radius 1 is 0.759 bits per heavy atom. The Bertz CT molecular complexity index is 796. The highest BCUT2D eigenvalue weighted by Gasteiger charge is 2.67. The van der Waals surface area contributed by atoms with Crippen LogP contribution in [0.25, 0.3) is 0 Å². The van der Waals surface area contributed by atoms with Gasteiger partial charge in [0.1, 0.15) is 11.6 Å². The first kappa shape index (κ1) is 19.6. The molecule has 0 aromatic carbocycles. The van der Waals surface area contributed by atoms with Crippen molar-refractivity contribution in [2.45, 2.75) is 98.6 Å². The smallest absolute Gasteiger partial charge is 0.142 e. The van der Waals surface area contributed by atoms with Gasteiger partial charge in [-0.3, -0.25) is 19.6 Å². The minimum Gasteiger partial charge on any atom is -0.299 e. The number of Topliss-reactive ketones (excluding diaryl/α,β-unsaturated/α-hetero) is 2. The first-order valence-electron chi connectivity index (χ1n) is 11.6. The Balaban J connectivity index is 1.42. The van der Waals surface area contributed by atoms with Crippen molar-refractivity contribution in [1.82, 2.24) is 0 Å². The number of ketones is 2. The second-order valence-corrected chi connectivity index (χ2v) is 11.8. The molecule has 29 heavy (non-hydrogen) atoms. The number of rotatable bonds is 4. The van der Waals surface area contributed by atoms with Crippen molar-refractivity contribution in [3.63, 3.8) is 0 Å². The van der Waals surface area contributed by atoms with E-state index in [1.807, 2.05) is 0 Å². The highest BCUT2D eigenvalue weighted by Crippen LogP contribution is 2.66. The van der Waals surface area contributed by atoms with Crippen LogP contribution in [-0.2, 0) is 9.59 Å². The van der Waals surface area contributed by atoms with E-state index in [-0.39, 0.29) is 33.7 Å². The predicted octanol–water partition coefficient (Wildman–Crippen LogP) is 4.84. The monoisotopic (exact) mass is 396 g/mol. The molecule has 0 heterocycles. The van der Waals surface area contributed by atoms with Crippen molar-refractivity contribution in [3.8, 4) is 0 Å². The van der Waals surface area contributed by atoms with Crippen molar-refractivity contribution in [1.29, 1.82) is 0 Å². The Kier molecular flexibility index (Phi) is 3.84. The van der Waals surface area contributed by atoms with Crippen LogP contribution in [-0.4, -0.2) is 35.1 Å². The molecule has 0 N–H and O–H groups in total. The van der Waals surface area contributed by atoms with E-state index in [1.54, 1.807) is 13.8 Å². The van der Waals surface area contributed by atoms with Crippen molar-refractivity contribution < 1.29 is 9.59 Å². The number of carbonyl (C=O) groups is 2. The average molecular weight is 397 g/mol. The molecule has 0 radical (unpaired) electrons. The van der Waals surface area contributed by atoms with Gasteiger partial charge in [-0.25, -0.2) is 0 Å². The molecule has 4 heteroatoms. The van der Waals surface area contributed by atoms with Crippen LogP contribution in [0.3, 0.4) is 0 Å². The minimum atomic E-state index is -0.340. The quantitative estimate of drug-likeness (QED) is 0.683. The normalized spacial score (nSPS) is 48.6. The van der Waals surface area contributed by atoms with Gasteiger partial charge in [-0.05, 0) is 81.5 Å². The number of hydrogen-bond acceptors (Lipinski definition) is 4. The standard InChI is InChI=1S/C25H36N2O2/c1-14(28)24-9-7-16(22(24,3)4)11-20(24)26-18-13-19(18)27-21-12-17-8-10-25(21,15(2)29)23(17,5)6/h16-19H,7-13H2,1-6H3/t16?,17?,18-,19?,24?,25?/m0/s1. The number of fused-ring (bicyclic) bond motifs is 4. The Labute approximate surface area is 175 Å². The molecule has 5 aliphatic carbocycles. The summed E-state index contributed by atoms with van der Waals surface area (Å²) in [6, 6.07) is 0.435. The summed E-state index contributed by atoms with van der Waals surface area (Å²) in [7, 11) is 0. The maximum atomic E-state index is 12.7. The molecule has 0 aromatic heterocycles. The van der Waals surface area contributed by atoms with Crippen LogP contribution >= 0.6 is 0 Å². The van der Waals surface area contributed by atoms with E-state index in [2.05, 4.69) is 27.7 Å². The van der Waals surface area contributed by atoms with Crippen LogP contribution < -0.4 is 0 Å². The number of hydrogen-bond donors (Lipinski definition) is 0. The van der Waals surface area contributed by atoms with Crippen molar-refractivity contribution >= 4 is 23.0 Å². The molecule has 0 aliphatic heterocycles. The van der Waals surface area contributed by atoms with E-state index >= 15 is 0 Å². The third kappa shape index (κ3) is 2.16. The molecule has 6 atom stereocenters. The molecular formula is C25H36N2O2. The van der Waals surface area contributed by atoms with E-state index < -0.39 is 0 Å². The van der Waals surface area contributed by atoms with Crippen LogP contribution in [0.1, 0.15) is 86.5 Å². The summed E-state index contributed by atoms with van der Waals surface area (Å²) in [5, 5.41) is 0. The number of carbonyl (C=O) groups excluding carboxylic acids is 2. The average Bonchev–Trinajstić information content (AvgIpc) is 3.07. The van der Waals surface area contributed by atoms with Crippen LogP contribution in [0, 0.1) is 33.5 Å². The molecule has 5 fully saturated rings. The summed E-state index contributed by atoms with van der Waals surface area (Å²) in [6.07, 6.45) is 7.18. The zero-order chi connectivity index (χ0) is 21.0. The molecule has 5 saturated carbocycles. The largest absolute Gasteiger partial charge is 0.299 e. The second kappa shape index (κ2) is 5.68. The van der Waals surface area contributed by atoms with Crippen molar-refractivity contribution in [2.75, 3.05) is 0 Å². The third-order valence-electron chi connectivity index (χ3n) is 10.4. The number of aliphatic imine (C=N–C) groups is 2. The topological polar surface area (TPSA) is 58.9 Å². The van der Waals surface area contributed by atoms with E-state index in [0.717, 1.165) is 56.4 Å². The fraction of sp³-hybridized carbons (Fsp3) is 0.840. The van der Waals surface area contributed by atoms with Crippen molar-refractivity contribution in [2.24, 2.45) is 43.5 Å². The highest BCUT2D eigenvalue weighted by atomic mass is 16.1. The highest BCUT2D eigenvalue weighted by molar-refractivity contribution is 6.13. The summed E-state index contributed by atoms with van der Waals surface area (Å²) < 4.78 is 0. The van der Waals surface area contributed by atoms with Gasteiger partial charge in [0.15, 0.2) is 0 Å². The summed E-state index contributed by atoms with van der Waals surface area (Å²) in [6.45, 7) is 12.6. The molecule has 0 spiro atoms. The molecule has 4 nitrogen and oxygen atoms in total. The lowest BCUT2D eigenvalue weighted by molar-refractivity contribution is -0.127. The van der Waals surface area contributed by atoms with E-state index in [0.29, 0.717) is 23.4 Å². The third-order valence-corrected chi connectivity index (χ3v) is 10.4. The first-order chi connectivity index (χ1) is 13.5. The van der Waals surface area contributed by atoms with Crippen molar-refractivity contribution in [3.05, 3.63) is 0 Å². The van der Waals surface area contributed by atoms with E-state index in [1.165, 1.54) is 0 Å². The Morgan fingerprint density at radius 2 is 1.14 bits per heavy atom. The zero-order valence-corrected chi connectivity index (χ0v) is 19.0. The maximum absolute atomic E-state index is 12.7. The van der Waals surface area contributed by atoms with Gasteiger partial charge in [-0.15, -0.1) is 0 Å². The summed E-state index contributed by atoms with van der Waals surface area (Å²) >= 11 is 0. The van der Waals surface area contributed by atoms with Gasteiger partial charge in [0.2, 0.25) is 0 Å². The minimum absolute atomic E-state index is 0.0290. The first-order valence-corrected chi connectivity index (χ1v) is 11.6. The summed E-state index contributed by atoms with van der Waals surface area (Å²) in [5.41, 5.74) is 1.70. The number of nitrogens with zero attached hydrogens (tertiary/aromatic N) is 2. The molecule has 4 bridgehead atoms. The lowest BCUT2D eigenvalue weighted by atomic mass is 9.66. The van der Waals surface area contributed by atoms with Gasteiger partial charge in [0.05, 0.1) is 22.9 Å². The summed E-state index contributed by atoms with van der Waals surface area (Å²) in [4.78, 5) is 35.8. The van der Waals surface area contributed by atoms with Gasteiger partial charge < -0.3 is 0 Å². The molecule has 0 aromatic rings. The molecule has 5 aliphatic rings. The lowest BCUT2D eigenvalue weighted by Gasteiger charge is -2.36. The fourth-order valence-corrected chi connectivity index (χ4v) is 8.24. The van der Waals surface area contributed by atoms with Crippen LogP contribution in [0.15, 0.2) is 9.98 Å². The molecule has 0 amide bonds. The summed E-state index contributed by atoms with van der Waals surface area (Å²) in [5.74, 6) is 1.77. The predicted molar refractivity (Wildman–Crippen MR) is 116 cm³/mol. The van der Waals surface area contributed by atoms with Gasteiger partial charge in [0, 0.05) is 11.4 Å². The molecule has 5 rings (SSSR count). The second-order valence-electron chi connectivity index (χ2n) is 11.8. The van der Waals surface area contributed by atoms with E-state index in [9.17, 15) is 9.59 Å². The van der Waals surface area contributed by atoms with Gasteiger partial charge in [0.25, 0.3) is 0 Å². The van der Waals surface area contributed by atoms with E-state index in [4.69, 9.17) is 9.98 Å². The lowest BCUT2D eigenvalue weighted by Crippen LogP contribution is -2.42.